The van der Waals surface area contributed by atoms with E-state index in [9.17, 15) is 0 Å². The first kappa shape index (κ1) is 13.9. The van der Waals surface area contributed by atoms with Gasteiger partial charge in [0.25, 0.3) is 0 Å². The van der Waals surface area contributed by atoms with Crippen LogP contribution in [0.25, 0.3) is 10.9 Å². The zero-order valence-electron chi connectivity index (χ0n) is 11.6. The number of nitrogens with zero attached hydrogens (tertiary/aromatic N) is 1. The van der Waals surface area contributed by atoms with E-state index in [1.165, 1.54) is 10.9 Å². The number of rotatable bonds is 7. The van der Waals surface area contributed by atoms with E-state index in [0.29, 0.717) is 19.8 Å². The van der Waals surface area contributed by atoms with Crippen molar-refractivity contribution in [2.75, 3.05) is 19.8 Å². The first-order valence-corrected chi connectivity index (χ1v) is 6.81. The van der Waals surface area contributed by atoms with Crippen LogP contribution >= 0.6 is 0 Å². The van der Waals surface area contributed by atoms with Gasteiger partial charge >= 0.3 is 0 Å². The second kappa shape index (κ2) is 6.59. The predicted octanol–water partition coefficient (Wildman–Crippen LogP) is 2.40. The summed E-state index contributed by atoms with van der Waals surface area (Å²) in [7, 11) is 0. The van der Waals surface area contributed by atoms with E-state index in [0.717, 1.165) is 12.3 Å². The van der Waals surface area contributed by atoms with Crippen LogP contribution in [-0.4, -0.2) is 30.4 Å². The summed E-state index contributed by atoms with van der Waals surface area (Å²) in [6.07, 6.45) is 2.13. The first-order chi connectivity index (χ1) is 9.28. The van der Waals surface area contributed by atoms with Gasteiger partial charge < -0.3 is 19.8 Å². The van der Waals surface area contributed by atoms with Gasteiger partial charge in [-0.15, -0.1) is 0 Å². The van der Waals surface area contributed by atoms with Crippen LogP contribution in [0.15, 0.2) is 30.5 Å². The summed E-state index contributed by atoms with van der Waals surface area (Å²) in [6, 6.07) is 8.24. The number of benzene rings is 1. The Labute approximate surface area is 114 Å². The minimum absolute atomic E-state index is 0.0622. The lowest BCUT2D eigenvalue weighted by molar-refractivity contribution is 0.0576. The second-order valence-corrected chi connectivity index (χ2v) is 4.43. The molecule has 0 aliphatic rings. The molecule has 0 fully saturated rings. The summed E-state index contributed by atoms with van der Waals surface area (Å²) in [4.78, 5) is 0. The molecule has 4 heteroatoms. The molecular weight excluding hydrogens is 240 g/mol. The lowest BCUT2D eigenvalue weighted by Crippen LogP contribution is -2.28. The lowest BCUT2D eigenvalue weighted by atomic mass is 10.2. The second-order valence-electron chi connectivity index (χ2n) is 4.43. The normalized spacial score (nSPS) is 12.8. The fraction of sp³-hybridized carbons (Fsp3) is 0.467. The van der Waals surface area contributed by atoms with Gasteiger partial charge in [0.15, 0.2) is 0 Å². The topological polar surface area (TPSA) is 49.4 Å². The molecule has 0 saturated carbocycles. The van der Waals surface area contributed by atoms with Crippen molar-refractivity contribution in [1.29, 1.82) is 0 Å². The van der Waals surface area contributed by atoms with Gasteiger partial charge in [-0.25, -0.2) is 0 Å². The maximum atomic E-state index is 5.72. The fourth-order valence-corrected chi connectivity index (χ4v) is 2.24. The molecule has 1 unspecified atom stereocenters. The van der Waals surface area contributed by atoms with Crippen LogP contribution in [-0.2, 0) is 11.3 Å². The minimum atomic E-state index is 0.0622. The molecule has 0 radical (unpaired) electrons. The van der Waals surface area contributed by atoms with E-state index in [-0.39, 0.29) is 6.10 Å². The van der Waals surface area contributed by atoms with Gasteiger partial charge in [0, 0.05) is 30.3 Å². The zero-order valence-corrected chi connectivity index (χ0v) is 11.6. The van der Waals surface area contributed by atoms with Crippen molar-refractivity contribution in [3.63, 3.8) is 0 Å². The van der Waals surface area contributed by atoms with Crippen molar-refractivity contribution < 1.29 is 9.47 Å². The molecule has 1 atom stereocenters. The SMILES string of the molecule is CCOc1ccc2c(ccn2CC(CN)OCC)c1. The smallest absolute Gasteiger partial charge is 0.120 e. The van der Waals surface area contributed by atoms with E-state index in [2.05, 4.69) is 29.0 Å². The maximum Gasteiger partial charge on any atom is 0.120 e. The van der Waals surface area contributed by atoms with Crippen molar-refractivity contribution >= 4 is 10.9 Å². The van der Waals surface area contributed by atoms with E-state index in [1.54, 1.807) is 0 Å². The molecule has 2 aromatic rings. The lowest BCUT2D eigenvalue weighted by Gasteiger charge is -2.16. The van der Waals surface area contributed by atoms with Crippen molar-refractivity contribution in [1.82, 2.24) is 4.57 Å². The molecule has 1 heterocycles. The van der Waals surface area contributed by atoms with Crippen molar-refractivity contribution in [3.05, 3.63) is 30.5 Å². The summed E-state index contributed by atoms with van der Waals surface area (Å²) in [5.41, 5.74) is 6.91. The average molecular weight is 262 g/mol. The Morgan fingerprint density at radius 2 is 2.05 bits per heavy atom. The van der Waals surface area contributed by atoms with Gasteiger partial charge in [0.1, 0.15) is 5.75 Å². The van der Waals surface area contributed by atoms with E-state index in [1.807, 2.05) is 19.9 Å². The Morgan fingerprint density at radius 3 is 2.74 bits per heavy atom. The van der Waals surface area contributed by atoms with Crippen LogP contribution in [0.5, 0.6) is 5.75 Å². The number of hydrogen-bond acceptors (Lipinski definition) is 3. The molecule has 2 N–H and O–H groups in total. The molecule has 2 rings (SSSR count). The third-order valence-corrected chi connectivity index (χ3v) is 3.12. The van der Waals surface area contributed by atoms with Gasteiger partial charge in [-0.05, 0) is 38.1 Å². The van der Waals surface area contributed by atoms with Crippen LogP contribution in [0.3, 0.4) is 0 Å². The summed E-state index contributed by atoms with van der Waals surface area (Å²) in [5, 5.41) is 1.18. The summed E-state index contributed by atoms with van der Waals surface area (Å²) in [5.74, 6) is 0.910. The molecular formula is C15H22N2O2. The highest BCUT2D eigenvalue weighted by Gasteiger charge is 2.09. The highest BCUT2D eigenvalue weighted by Crippen LogP contribution is 2.22. The van der Waals surface area contributed by atoms with E-state index < -0.39 is 0 Å². The van der Waals surface area contributed by atoms with Crippen LogP contribution in [0.4, 0.5) is 0 Å². The minimum Gasteiger partial charge on any atom is -0.494 e. The standard InChI is InChI=1S/C15H22N2O2/c1-3-18-13-5-6-15-12(9-13)7-8-17(15)11-14(10-16)19-4-2/h5-9,14H,3-4,10-11,16H2,1-2H3. The molecule has 0 aliphatic heterocycles. The average Bonchev–Trinajstić information content (AvgIpc) is 2.81. The zero-order chi connectivity index (χ0) is 13.7. The largest absolute Gasteiger partial charge is 0.494 e. The molecule has 0 spiro atoms. The highest BCUT2D eigenvalue weighted by molar-refractivity contribution is 5.81. The van der Waals surface area contributed by atoms with Crippen LogP contribution < -0.4 is 10.5 Å². The Morgan fingerprint density at radius 1 is 1.21 bits per heavy atom. The number of aromatic nitrogens is 1. The van der Waals surface area contributed by atoms with Gasteiger partial charge in [-0.1, -0.05) is 0 Å². The third-order valence-electron chi connectivity index (χ3n) is 3.12. The molecule has 0 saturated heterocycles. The molecule has 1 aromatic carbocycles. The fourth-order valence-electron chi connectivity index (χ4n) is 2.24. The summed E-state index contributed by atoms with van der Waals surface area (Å²) >= 11 is 0. The molecule has 0 bridgehead atoms. The van der Waals surface area contributed by atoms with Crippen molar-refractivity contribution in [2.24, 2.45) is 5.73 Å². The Bertz CT molecular complexity index is 522. The monoisotopic (exact) mass is 262 g/mol. The molecule has 0 aliphatic carbocycles. The number of fused-ring (bicyclic) bond motifs is 1. The predicted molar refractivity (Wildman–Crippen MR) is 77.6 cm³/mol. The molecule has 1 aromatic heterocycles. The van der Waals surface area contributed by atoms with E-state index >= 15 is 0 Å². The molecule has 4 nitrogen and oxygen atoms in total. The molecule has 0 amide bonds. The number of nitrogens with two attached hydrogens (primary N) is 1. The van der Waals surface area contributed by atoms with Crippen LogP contribution in [0, 0.1) is 0 Å². The number of ether oxygens (including phenoxy) is 2. The highest BCUT2D eigenvalue weighted by atomic mass is 16.5. The van der Waals surface area contributed by atoms with E-state index in [4.69, 9.17) is 15.2 Å². The molecule has 104 valence electrons. The van der Waals surface area contributed by atoms with Gasteiger partial charge in [0.2, 0.25) is 0 Å². The summed E-state index contributed by atoms with van der Waals surface area (Å²) in [6.45, 7) is 6.67. The Kier molecular flexibility index (Phi) is 4.82. The molecule has 19 heavy (non-hydrogen) atoms. The van der Waals surface area contributed by atoms with Gasteiger partial charge in [-0.2, -0.15) is 0 Å². The maximum absolute atomic E-state index is 5.72. The van der Waals surface area contributed by atoms with Crippen molar-refractivity contribution in [2.45, 2.75) is 26.5 Å². The van der Waals surface area contributed by atoms with Gasteiger partial charge in [0.05, 0.1) is 19.3 Å². The third kappa shape index (κ3) is 3.28. The van der Waals surface area contributed by atoms with Crippen molar-refractivity contribution in [3.8, 4) is 5.75 Å². The summed E-state index contributed by atoms with van der Waals surface area (Å²) < 4.78 is 13.3. The first-order valence-electron chi connectivity index (χ1n) is 6.81. The van der Waals surface area contributed by atoms with Crippen LogP contribution in [0.2, 0.25) is 0 Å². The Hall–Kier alpha value is -1.52. The Balaban J connectivity index is 2.20. The quantitative estimate of drug-likeness (QED) is 0.833. The van der Waals surface area contributed by atoms with Gasteiger partial charge in [-0.3, -0.25) is 0 Å². The van der Waals surface area contributed by atoms with Crippen LogP contribution in [0.1, 0.15) is 13.8 Å². The number of hydrogen-bond donors (Lipinski definition) is 1.